The van der Waals surface area contributed by atoms with Crippen molar-refractivity contribution >= 4 is 46.6 Å². The fourth-order valence-electron chi connectivity index (χ4n) is 1.95. The molecular formula is C17H14N4O4S. The number of thiocarbonyl (C=S) groups is 1. The lowest BCUT2D eigenvalue weighted by molar-refractivity contribution is -0.384. The summed E-state index contributed by atoms with van der Waals surface area (Å²) in [7, 11) is 0. The van der Waals surface area contributed by atoms with E-state index in [2.05, 4.69) is 10.6 Å². The lowest BCUT2D eigenvalue weighted by atomic mass is 10.2. The van der Waals surface area contributed by atoms with E-state index >= 15 is 0 Å². The number of nitro benzene ring substituents is 1. The van der Waals surface area contributed by atoms with Crippen LogP contribution in [0.2, 0.25) is 0 Å². The van der Waals surface area contributed by atoms with E-state index in [1.165, 1.54) is 42.5 Å². The lowest BCUT2D eigenvalue weighted by Gasteiger charge is -2.08. The van der Waals surface area contributed by atoms with Gasteiger partial charge < -0.3 is 11.1 Å². The molecule has 0 radical (unpaired) electrons. The van der Waals surface area contributed by atoms with Crippen LogP contribution in [0.15, 0.2) is 54.6 Å². The third-order valence-electron chi connectivity index (χ3n) is 3.17. The lowest BCUT2D eigenvalue weighted by Crippen LogP contribution is -2.32. The summed E-state index contributed by atoms with van der Waals surface area (Å²) in [6, 6.07) is 12.1. The van der Waals surface area contributed by atoms with E-state index in [-0.39, 0.29) is 10.8 Å². The molecule has 0 bridgehead atoms. The highest BCUT2D eigenvalue weighted by atomic mass is 32.1. The van der Waals surface area contributed by atoms with E-state index in [4.69, 9.17) is 18.0 Å². The van der Waals surface area contributed by atoms with Crippen molar-refractivity contribution < 1.29 is 14.5 Å². The van der Waals surface area contributed by atoms with Crippen molar-refractivity contribution in [3.05, 3.63) is 75.8 Å². The summed E-state index contributed by atoms with van der Waals surface area (Å²) in [5.41, 5.74) is 6.52. The van der Waals surface area contributed by atoms with Crippen molar-refractivity contribution in [2.45, 2.75) is 0 Å². The molecule has 26 heavy (non-hydrogen) atoms. The average Bonchev–Trinajstić information content (AvgIpc) is 2.60. The van der Waals surface area contributed by atoms with Gasteiger partial charge in [0.1, 0.15) is 0 Å². The zero-order valence-corrected chi connectivity index (χ0v) is 14.2. The quantitative estimate of drug-likeness (QED) is 0.320. The maximum absolute atomic E-state index is 11.9. The van der Waals surface area contributed by atoms with Gasteiger partial charge in [0.2, 0.25) is 11.8 Å². The summed E-state index contributed by atoms with van der Waals surface area (Å²) < 4.78 is 0. The second-order valence-corrected chi connectivity index (χ2v) is 5.48. The average molecular weight is 370 g/mol. The highest BCUT2D eigenvalue weighted by Gasteiger charge is 2.05. The van der Waals surface area contributed by atoms with Gasteiger partial charge in [0, 0.05) is 29.5 Å². The van der Waals surface area contributed by atoms with Crippen LogP contribution in [-0.2, 0) is 4.79 Å². The molecule has 0 fully saturated rings. The van der Waals surface area contributed by atoms with Gasteiger partial charge in [-0.3, -0.25) is 25.0 Å². The van der Waals surface area contributed by atoms with E-state index in [0.717, 1.165) is 0 Å². The minimum atomic E-state index is -0.543. The van der Waals surface area contributed by atoms with Crippen LogP contribution in [0.1, 0.15) is 15.9 Å². The number of hydrogen-bond acceptors (Lipinski definition) is 5. The van der Waals surface area contributed by atoms with Gasteiger partial charge in [-0.1, -0.05) is 12.1 Å². The van der Waals surface area contributed by atoms with E-state index in [1.807, 2.05) is 0 Å². The summed E-state index contributed by atoms with van der Waals surface area (Å²) in [5, 5.41) is 16.0. The van der Waals surface area contributed by atoms with Crippen LogP contribution in [0.4, 0.5) is 11.4 Å². The van der Waals surface area contributed by atoms with Crippen molar-refractivity contribution in [1.29, 1.82) is 0 Å². The van der Waals surface area contributed by atoms with Crippen molar-refractivity contribution in [3.8, 4) is 0 Å². The number of nitrogens with one attached hydrogen (secondary N) is 2. The number of non-ortho nitro benzene ring substituents is 1. The largest absolute Gasteiger partial charge is 0.366 e. The van der Waals surface area contributed by atoms with Gasteiger partial charge in [0.15, 0.2) is 5.11 Å². The molecule has 2 aromatic rings. The van der Waals surface area contributed by atoms with Gasteiger partial charge in [0.05, 0.1) is 4.92 Å². The standard InChI is InChI=1S/C17H14N4O4S/c18-16(23)12-5-7-13(8-6-12)19-17(26)20-15(22)9-4-11-2-1-3-14(10-11)21(24)25/h1-10H,(H2,18,23)(H2,19,20,22,26)/b9-4+. The van der Waals surface area contributed by atoms with Gasteiger partial charge in [-0.05, 0) is 48.1 Å². The zero-order chi connectivity index (χ0) is 19.1. The first-order valence-electron chi connectivity index (χ1n) is 7.29. The monoisotopic (exact) mass is 370 g/mol. The molecule has 0 heterocycles. The number of rotatable bonds is 5. The van der Waals surface area contributed by atoms with Crippen LogP contribution in [0.5, 0.6) is 0 Å². The number of nitrogens with two attached hydrogens (primary N) is 1. The zero-order valence-electron chi connectivity index (χ0n) is 13.3. The number of nitro groups is 1. The first-order chi connectivity index (χ1) is 12.3. The summed E-state index contributed by atoms with van der Waals surface area (Å²) >= 11 is 5.02. The molecule has 132 valence electrons. The van der Waals surface area contributed by atoms with Crippen LogP contribution in [0, 0.1) is 10.1 Å². The molecule has 0 saturated carbocycles. The molecule has 0 unspecified atom stereocenters. The number of benzene rings is 2. The molecule has 4 N–H and O–H groups in total. The Morgan fingerprint density at radius 1 is 1.15 bits per heavy atom. The number of nitrogens with zero attached hydrogens (tertiary/aromatic N) is 1. The van der Waals surface area contributed by atoms with Gasteiger partial charge in [-0.15, -0.1) is 0 Å². The predicted molar refractivity (Wildman–Crippen MR) is 101 cm³/mol. The van der Waals surface area contributed by atoms with Crippen molar-refractivity contribution in [3.63, 3.8) is 0 Å². The summed E-state index contributed by atoms with van der Waals surface area (Å²) in [4.78, 5) is 33.1. The number of amides is 2. The van der Waals surface area contributed by atoms with Gasteiger partial charge in [-0.25, -0.2) is 0 Å². The molecule has 8 nitrogen and oxygen atoms in total. The van der Waals surface area contributed by atoms with E-state index in [1.54, 1.807) is 18.2 Å². The van der Waals surface area contributed by atoms with Crippen LogP contribution in [-0.4, -0.2) is 21.9 Å². The maximum Gasteiger partial charge on any atom is 0.270 e. The summed E-state index contributed by atoms with van der Waals surface area (Å²) in [5.74, 6) is -1.04. The third kappa shape index (κ3) is 5.49. The van der Waals surface area contributed by atoms with Gasteiger partial charge in [0.25, 0.3) is 5.69 Å². The van der Waals surface area contributed by atoms with Gasteiger partial charge >= 0.3 is 0 Å². The third-order valence-corrected chi connectivity index (χ3v) is 3.38. The Hall–Kier alpha value is -3.59. The fraction of sp³-hybridized carbons (Fsp3) is 0. The van der Waals surface area contributed by atoms with Crippen molar-refractivity contribution in [2.75, 3.05) is 5.32 Å². The SMILES string of the molecule is NC(=O)c1ccc(NC(=S)NC(=O)/C=C/c2cccc([N+](=O)[O-])c2)cc1. The van der Waals surface area contributed by atoms with E-state index in [0.29, 0.717) is 16.8 Å². The topological polar surface area (TPSA) is 127 Å². The Labute approximate surface area is 153 Å². The normalized spacial score (nSPS) is 10.3. The predicted octanol–water partition coefficient (Wildman–Crippen LogP) is 2.22. The van der Waals surface area contributed by atoms with E-state index < -0.39 is 16.7 Å². The first-order valence-corrected chi connectivity index (χ1v) is 7.70. The number of hydrogen-bond donors (Lipinski definition) is 3. The van der Waals surface area contributed by atoms with Crippen LogP contribution >= 0.6 is 12.2 Å². The molecule has 0 aliphatic heterocycles. The van der Waals surface area contributed by atoms with Crippen LogP contribution in [0.3, 0.4) is 0 Å². The molecule has 0 atom stereocenters. The second kappa shape index (κ2) is 8.49. The minimum absolute atomic E-state index is 0.0607. The Morgan fingerprint density at radius 3 is 2.46 bits per heavy atom. The molecule has 2 aromatic carbocycles. The van der Waals surface area contributed by atoms with Crippen molar-refractivity contribution in [1.82, 2.24) is 5.32 Å². The number of carbonyl (C=O) groups is 2. The summed E-state index contributed by atoms with van der Waals surface area (Å²) in [6.07, 6.45) is 2.65. The minimum Gasteiger partial charge on any atom is -0.366 e. The Balaban J connectivity index is 1.92. The maximum atomic E-state index is 11.9. The van der Waals surface area contributed by atoms with E-state index in [9.17, 15) is 19.7 Å². The molecule has 0 aliphatic carbocycles. The van der Waals surface area contributed by atoms with Crippen molar-refractivity contribution in [2.24, 2.45) is 5.73 Å². The first kappa shape index (κ1) is 18.7. The molecule has 2 amide bonds. The highest BCUT2D eigenvalue weighted by molar-refractivity contribution is 7.80. The molecule has 9 heteroatoms. The smallest absolute Gasteiger partial charge is 0.270 e. The Morgan fingerprint density at radius 2 is 1.85 bits per heavy atom. The molecule has 0 aliphatic rings. The van der Waals surface area contributed by atoms with Crippen LogP contribution < -0.4 is 16.4 Å². The Kier molecular flexibility index (Phi) is 6.12. The van der Waals surface area contributed by atoms with Gasteiger partial charge in [-0.2, -0.15) is 0 Å². The Bertz CT molecular complexity index is 894. The molecule has 0 saturated heterocycles. The highest BCUT2D eigenvalue weighted by Crippen LogP contribution is 2.14. The molecule has 0 spiro atoms. The molecule has 2 rings (SSSR count). The number of primary amides is 1. The molecular weight excluding hydrogens is 356 g/mol. The second-order valence-electron chi connectivity index (χ2n) is 5.07. The number of carbonyl (C=O) groups excluding carboxylic acids is 2. The number of anilines is 1. The fourth-order valence-corrected chi connectivity index (χ4v) is 2.17. The van der Waals surface area contributed by atoms with Crippen LogP contribution in [0.25, 0.3) is 6.08 Å². The summed E-state index contributed by atoms with van der Waals surface area (Å²) in [6.45, 7) is 0. The molecule has 0 aromatic heterocycles.